The SMILES string of the molecule is [H-].[Na+].[Nb].[O]=[Ti]. The van der Waals surface area contributed by atoms with Crippen LogP contribution in [-0.2, 0) is 46.1 Å². The van der Waals surface area contributed by atoms with Gasteiger partial charge in [0.15, 0.2) is 0 Å². The molecule has 0 aromatic heterocycles. The van der Waals surface area contributed by atoms with Crippen molar-refractivity contribution >= 4 is 0 Å². The quantitative estimate of drug-likeness (QED) is 0.363. The van der Waals surface area contributed by atoms with Crippen LogP contribution >= 0.6 is 0 Å². The van der Waals surface area contributed by atoms with Crippen molar-refractivity contribution in [2.45, 2.75) is 0 Å². The first-order valence-corrected chi connectivity index (χ1v) is 0.842. The van der Waals surface area contributed by atoms with Crippen LogP contribution < -0.4 is 29.6 Å². The second-order valence-corrected chi connectivity index (χ2v) is 0. The molecule has 0 aliphatic carbocycles. The Balaban J connectivity index is -0.00000000167. The van der Waals surface area contributed by atoms with E-state index >= 15 is 0 Å². The van der Waals surface area contributed by atoms with E-state index in [0.29, 0.717) is 0 Å². The van der Waals surface area contributed by atoms with Crippen molar-refractivity contribution in [3.63, 3.8) is 0 Å². The van der Waals surface area contributed by atoms with Crippen LogP contribution in [0.2, 0.25) is 0 Å². The molecule has 0 fully saturated rings. The van der Waals surface area contributed by atoms with Crippen molar-refractivity contribution in [1.29, 1.82) is 0 Å². The minimum absolute atomic E-state index is 0. The van der Waals surface area contributed by atoms with E-state index in [4.69, 9.17) is 3.32 Å². The Morgan fingerprint density at radius 3 is 1.50 bits per heavy atom. The molecular weight excluding hydrogens is 180 g/mol. The fraction of sp³-hybridized carbons (Fsp3) is 0. The van der Waals surface area contributed by atoms with Crippen LogP contribution in [-0.4, -0.2) is 0 Å². The summed E-state index contributed by atoms with van der Waals surface area (Å²) < 4.78 is 8.25. The van der Waals surface area contributed by atoms with Gasteiger partial charge < -0.3 is 1.43 Å². The van der Waals surface area contributed by atoms with E-state index < -0.39 is 0 Å². The summed E-state index contributed by atoms with van der Waals surface area (Å²) in [6, 6.07) is 0. The normalized spacial score (nSPS) is 0.750. The van der Waals surface area contributed by atoms with Gasteiger partial charge in [0, 0.05) is 22.4 Å². The van der Waals surface area contributed by atoms with Crippen molar-refractivity contribution in [2.24, 2.45) is 0 Å². The summed E-state index contributed by atoms with van der Waals surface area (Å²) in [6.07, 6.45) is 0. The van der Waals surface area contributed by atoms with Crippen LogP contribution in [0, 0.1) is 0 Å². The predicted molar refractivity (Wildman–Crippen MR) is 1.80 cm³/mol. The molecule has 0 aromatic rings. The molecule has 0 atom stereocenters. The van der Waals surface area contributed by atoms with Crippen LogP contribution in [0.3, 0.4) is 0 Å². The molecule has 0 N–H and O–H groups in total. The maximum atomic E-state index is 8.25. The van der Waals surface area contributed by atoms with E-state index in [2.05, 4.69) is 0 Å². The Bertz CT molecular complexity index is 11.6. The van der Waals surface area contributed by atoms with Crippen molar-refractivity contribution in [1.82, 2.24) is 0 Å². The third-order valence-corrected chi connectivity index (χ3v) is 0. The van der Waals surface area contributed by atoms with Gasteiger partial charge in [0.05, 0.1) is 0 Å². The summed E-state index contributed by atoms with van der Waals surface area (Å²) in [7, 11) is 0. The van der Waals surface area contributed by atoms with Crippen LogP contribution in [0.15, 0.2) is 0 Å². The van der Waals surface area contributed by atoms with Crippen LogP contribution in [0.5, 0.6) is 0 Å². The van der Waals surface area contributed by atoms with Crippen molar-refractivity contribution in [3.8, 4) is 0 Å². The van der Waals surface area contributed by atoms with Crippen LogP contribution in [0.4, 0.5) is 0 Å². The molecule has 0 aliphatic heterocycles. The first-order valence-electron chi connectivity index (χ1n) is 0.204. The van der Waals surface area contributed by atoms with Gasteiger partial charge in [0.1, 0.15) is 0 Å². The summed E-state index contributed by atoms with van der Waals surface area (Å²) in [5.74, 6) is 0. The molecule has 0 saturated carbocycles. The van der Waals surface area contributed by atoms with Gasteiger partial charge in [-0.1, -0.05) is 0 Å². The first kappa shape index (κ1) is 16.3. The second-order valence-electron chi connectivity index (χ2n) is 0. The second kappa shape index (κ2) is 18.7. The molecule has 1 nitrogen and oxygen atoms in total. The zero-order chi connectivity index (χ0) is 2.00. The summed E-state index contributed by atoms with van der Waals surface area (Å²) in [4.78, 5) is 0. The van der Waals surface area contributed by atoms with Gasteiger partial charge in [-0.2, -0.15) is 0 Å². The Morgan fingerprint density at radius 2 is 1.50 bits per heavy atom. The Morgan fingerprint density at radius 1 is 1.50 bits per heavy atom. The molecule has 0 aliphatic rings. The van der Waals surface area contributed by atoms with Crippen molar-refractivity contribution < 1.29 is 77.1 Å². The topological polar surface area (TPSA) is 17.1 Å². The average Bonchev–Trinajstić information content (AvgIpc) is 1.00. The van der Waals surface area contributed by atoms with E-state index in [1.807, 2.05) is 0 Å². The zero-order valence-corrected chi connectivity index (χ0v) is 8.12. The Labute approximate surface area is 75.9 Å². The van der Waals surface area contributed by atoms with Gasteiger partial charge >= 0.3 is 53.3 Å². The summed E-state index contributed by atoms with van der Waals surface area (Å²) >= 11 is 0.750. The number of hydrogen-bond donors (Lipinski definition) is 0. The molecule has 4 heavy (non-hydrogen) atoms. The zero-order valence-electron chi connectivity index (χ0n) is 3.36. The molecule has 0 saturated heterocycles. The van der Waals surface area contributed by atoms with Gasteiger partial charge in [-0.05, 0) is 0 Å². The summed E-state index contributed by atoms with van der Waals surface area (Å²) in [5, 5.41) is 0. The molecule has 4 heteroatoms. The number of hydrogen-bond acceptors (Lipinski definition) is 1. The fourth-order valence-corrected chi connectivity index (χ4v) is 0. The molecular formula is HNaNbOTi. The summed E-state index contributed by atoms with van der Waals surface area (Å²) in [5.41, 5.74) is 0. The summed E-state index contributed by atoms with van der Waals surface area (Å²) in [6.45, 7) is 0. The first-order chi connectivity index (χ1) is 1.00. The van der Waals surface area contributed by atoms with E-state index in [0.717, 1.165) is 20.4 Å². The predicted octanol–water partition coefficient (Wildman–Crippen LogP) is -3.01. The van der Waals surface area contributed by atoms with Crippen LogP contribution in [0.1, 0.15) is 1.43 Å². The fourth-order valence-electron chi connectivity index (χ4n) is 0. The van der Waals surface area contributed by atoms with Crippen molar-refractivity contribution in [3.05, 3.63) is 0 Å². The molecule has 17 valence electrons. The standard InChI is InChI=1S/Na.Nb.O.Ti.H/q+1;;;;-1. The Hall–Kier alpha value is 2.25. The maximum absolute atomic E-state index is 8.25. The van der Waals surface area contributed by atoms with Gasteiger partial charge in [-0.15, -0.1) is 0 Å². The molecule has 1 radical (unpaired) electrons. The van der Waals surface area contributed by atoms with E-state index in [1.54, 1.807) is 0 Å². The minimum atomic E-state index is 0. The third kappa shape index (κ3) is 8.87. The number of rotatable bonds is 0. The van der Waals surface area contributed by atoms with E-state index in [9.17, 15) is 0 Å². The van der Waals surface area contributed by atoms with Gasteiger partial charge in [-0.25, -0.2) is 0 Å². The van der Waals surface area contributed by atoms with Crippen molar-refractivity contribution in [2.75, 3.05) is 0 Å². The molecule has 0 unspecified atom stereocenters. The van der Waals surface area contributed by atoms with Gasteiger partial charge in [-0.3, -0.25) is 0 Å². The van der Waals surface area contributed by atoms with Gasteiger partial charge in [0.2, 0.25) is 0 Å². The molecule has 0 spiro atoms. The van der Waals surface area contributed by atoms with Gasteiger partial charge in [0.25, 0.3) is 0 Å². The van der Waals surface area contributed by atoms with E-state index in [-0.39, 0.29) is 53.4 Å². The molecule has 0 aromatic carbocycles. The van der Waals surface area contributed by atoms with E-state index in [1.165, 1.54) is 0 Å². The molecule has 0 heterocycles. The average molecular weight is 181 g/mol. The monoisotopic (exact) mass is 181 g/mol. The molecule has 0 rings (SSSR count). The Kier molecular flexibility index (Phi) is 76.3. The van der Waals surface area contributed by atoms with Crippen LogP contribution in [0.25, 0.3) is 0 Å². The molecule has 0 amide bonds. The molecule has 0 bridgehead atoms. The third-order valence-electron chi connectivity index (χ3n) is 0.